The highest BCUT2D eigenvalue weighted by atomic mass is 16.5. The van der Waals surface area contributed by atoms with E-state index >= 15 is 0 Å². The highest BCUT2D eigenvalue weighted by molar-refractivity contribution is 5.77. The van der Waals surface area contributed by atoms with Crippen molar-refractivity contribution < 1.29 is 9.53 Å². The molecule has 0 saturated carbocycles. The first kappa shape index (κ1) is 17.1. The van der Waals surface area contributed by atoms with Crippen molar-refractivity contribution in [1.29, 1.82) is 0 Å². The van der Waals surface area contributed by atoms with Gasteiger partial charge in [-0.15, -0.1) is 10.2 Å². The number of carbonyl (C=O) groups excluding carboxylic acids is 1. The minimum atomic E-state index is 0.0263. The Kier molecular flexibility index (Phi) is 5.39. The Morgan fingerprint density at radius 2 is 1.92 bits per heavy atom. The number of ether oxygens (including phenoxy) is 1. The summed E-state index contributed by atoms with van der Waals surface area (Å²) in [6.45, 7) is 4.87. The molecular weight excluding hydrogens is 320 g/mol. The van der Waals surface area contributed by atoms with Crippen molar-refractivity contribution in [1.82, 2.24) is 20.1 Å². The Morgan fingerprint density at radius 1 is 1.12 bits per heavy atom. The highest BCUT2D eigenvalue weighted by Crippen LogP contribution is 2.16. The Balaban J connectivity index is 1.57. The minimum Gasteiger partial charge on any atom is -0.375 e. The van der Waals surface area contributed by atoms with Gasteiger partial charge in [-0.1, -0.05) is 6.07 Å². The maximum Gasteiger partial charge on any atom is 0.248 e. The molecule has 0 aromatic carbocycles. The summed E-state index contributed by atoms with van der Waals surface area (Å²) in [4.78, 5) is 20.1. The quantitative estimate of drug-likeness (QED) is 0.874. The second-order valence-electron chi connectivity index (χ2n) is 5.87. The van der Waals surface area contributed by atoms with Gasteiger partial charge in [-0.25, -0.2) is 4.98 Å². The van der Waals surface area contributed by atoms with Crippen LogP contribution in [0.3, 0.4) is 0 Å². The fraction of sp³-hybridized carbons (Fsp3) is 0.412. The summed E-state index contributed by atoms with van der Waals surface area (Å²) in [6.07, 6.45) is 0. The molecule has 1 saturated heterocycles. The first-order chi connectivity index (χ1) is 12.2. The van der Waals surface area contributed by atoms with Crippen LogP contribution in [-0.4, -0.2) is 65.9 Å². The third-order valence-corrected chi connectivity index (χ3v) is 4.02. The van der Waals surface area contributed by atoms with E-state index in [1.807, 2.05) is 42.2 Å². The van der Waals surface area contributed by atoms with Gasteiger partial charge in [0.2, 0.25) is 5.91 Å². The highest BCUT2D eigenvalue weighted by Gasteiger charge is 2.21. The summed E-state index contributed by atoms with van der Waals surface area (Å²) in [6, 6.07) is 9.58. The average molecular weight is 342 g/mol. The van der Waals surface area contributed by atoms with Gasteiger partial charge < -0.3 is 19.9 Å². The molecule has 3 rings (SSSR count). The molecule has 1 fully saturated rings. The molecule has 0 radical (unpaired) electrons. The van der Waals surface area contributed by atoms with Gasteiger partial charge in [-0.05, 0) is 31.2 Å². The monoisotopic (exact) mass is 342 g/mol. The van der Waals surface area contributed by atoms with Gasteiger partial charge >= 0.3 is 0 Å². The van der Waals surface area contributed by atoms with Crippen LogP contribution >= 0.6 is 0 Å². The Bertz CT molecular complexity index is 713. The van der Waals surface area contributed by atoms with E-state index in [1.54, 1.807) is 0 Å². The van der Waals surface area contributed by atoms with E-state index in [9.17, 15) is 4.79 Å². The summed E-state index contributed by atoms with van der Waals surface area (Å²) in [7, 11) is 1.53. The van der Waals surface area contributed by atoms with Crippen LogP contribution in [0.4, 0.5) is 17.5 Å². The number of nitrogens with one attached hydrogen (secondary N) is 1. The predicted octanol–water partition coefficient (Wildman–Crippen LogP) is 1.22. The molecule has 1 aliphatic heterocycles. The standard InChI is InChI=1S/C17H22N6O2/c1-13-4-3-5-14(18-13)19-15-6-7-16(21-20-15)22-8-10-23(11-9-22)17(24)12-25-2/h3-7H,8-12H2,1-2H3,(H,18,19,20). The van der Waals surface area contributed by atoms with Crippen LogP contribution in [0.15, 0.2) is 30.3 Å². The van der Waals surface area contributed by atoms with E-state index in [-0.39, 0.29) is 12.5 Å². The number of methoxy groups -OCH3 is 1. The van der Waals surface area contributed by atoms with Crippen molar-refractivity contribution in [3.63, 3.8) is 0 Å². The van der Waals surface area contributed by atoms with Gasteiger partial charge in [0.25, 0.3) is 0 Å². The lowest BCUT2D eigenvalue weighted by Crippen LogP contribution is -2.50. The second kappa shape index (κ2) is 7.89. The molecule has 8 nitrogen and oxygen atoms in total. The first-order valence-electron chi connectivity index (χ1n) is 8.22. The maximum atomic E-state index is 11.8. The molecular formula is C17H22N6O2. The van der Waals surface area contributed by atoms with Gasteiger partial charge in [0.1, 0.15) is 12.4 Å². The smallest absolute Gasteiger partial charge is 0.248 e. The molecule has 2 aromatic rings. The molecule has 132 valence electrons. The van der Waals surface area contributed by atoms with Crippen LogP contribution in [0, 0.1) is 6.92 Å². The Hall–Kier alpha value is -2.74. The third kappa shape index (κ3) is 4.42. The van der Waals surface area contributed by atoms with Crippen LogP contribution in [0.1, 0.15) is 5.69 Å². The number of hydrogen-bond donors (Lipinski definition) is 1. The van der Waals surface area contributed by atoms with E-state index in [0.717, 1.165) is 30.4 Å². The number of amides is 1. The third-order valence-electron chi connectivity index (χ3n) is 4.02. The maximum absolute atomic E-state index is 11.8. The minimum absolute atomic E-state index is 0.0263. The molecule has 0 atom stereocenters. The zero-order chi connectivity index (χ0) is 17.6. The molecule has 3 heterocycles. The lowest BCUT2D eigenvalue weighted by Gasteiger charge is -2.35. The topological polar surface area (TPSA) is 83.5 Å². The van der Waals surface area contributed by atoms with Crippen molar-refractivity contribution in [3.8, 4) is 0 Å². The number of carbonyl (C=O) groups is 1. The van der Waals surface area contributed by atoms with Crippen LogP contribution in [0.2, 0.25) is 0 Å². The summed E-state index contributed by atoms with van der Waals surface area (Å²) in [5, 5.41) is 11.6. The van der Waals surface area contributed by atoms with Crippen molar-refractivity contribution in [2.75, 3.05) is 50.1 Å². The van der Waals surface area contributed by atoms with Gasteiger partial charge in [0.15, 0.2) is 11.6 Å². The molecule has 2 aromatic heterocycles. The molecule has 25 heavy (non-hydrogen) atoms. The van der Waals surface area contributed by atoms with Crippen LogP contribution in [0.5, 0.6) is 0 Å². The molecule has 0 bridgehead atoms. The molecule has 0 unspecified atom stereocenters. The molecule has 8 heteroatoms. The number of pyridine rings is 1. The number of anilines is 3. The first-order valence-corrected chi connectivity index (χ1v) is 8.22. The fourth-order valence-electron chi connectivity index (χ4n) is 2.70. The number of aryl methyl sites for hydroxylation is 1. The van der Waals surface area contributed by atoms with Crippen molar-refractivity contribution in [2.24, 2.45) is 0 Å². The van der Waals surface area contributed by atoms with Crippen LogP contribution in [-0.2, 0) is 9.53 Å². The summed E-state index contributed by atoms with van der Waals surface area (Å²) >= 11 is 0. The van der Waals surface area contributed by atoms with Crippen LogP contribution in [0.25, 0.3) is 0 Å². The van der Waals surface area contributed by atoms with E-state index in [4.69, 9.17) is 4.74 Å². The van der Waals surface area contributed by atoms with Crippen LogP contribution < -0.4 is 10.2 Å². The van der Waals surface area contributed by atoms with E-state index in [0.29, 0.717) is 18.9 Å². The molecule has 1 aliphatic rings. The fourth-order valence-corrected chi connectivity index (χ4v) is 2.70. The molecule has 0 aliphatic carbocycles. The van der Waals surface area contributed by atoms with Gasteiger partial charge in [0, 0.05) is 39.0 Å². The lowest BCUT2D eigenvalue weighted by molar-refractivity contribution is -0.135. The van der Waals surface area contributed by atoms with E-state index in [2.05, 4.69) is 25.4 Å². The number of hydrogen-bond acceptors (Lipinski definition) is 7. The summed E-state index contributed by atoms with van der Waals surface area (Å²) in [5.74, 6) is 2.23. The zero-order valence-corrected chi connectivity index (χ0v) is 14.5. The zero-order valence-electron chi connectivity index (χ0n) is 14.5. The summed E-state index contributed by atoms with van der Waals surface area (Å²) < 4.78 is 4.90. The van der Waals surface area contributed by atoms with Gasteiger partial charge in [-0.2, -0.15) is 0 Å². The molecule has 1 N–H and O–H groups in total. The number of nitrogens with zero attached hydrogens (tertiary/aromatic N) is 5. The molecule has 0 spiro atoms. The second-order valence-corrected chi connectivity index (χ2v) is 5.87. The Morgan fingerprint density at radius 3 is 2.56 bits per heavy atom. The summed E-state index contributed by atoms with van der Waals surface area (Å²) in [5.41, 5.74) is 0.940. The molecule has 1 amide bonds. The predicted molar refractivity (Wildman–Crippen MR) is 95.0 cm³/mol. The normalized spacial score (nSPS) is 14.5. The van der Waals surface area contributed by atoms with Crippen molar-refractivity contribution >= 4 is 23.4 Å². The number of piperazine rings is 1. The SMILES string of the molecule is COCC(=O)N1CCN(c2ccc(Nc3cccc(C)n3)nn2)CC1. The van der Waals surface area contributed by atoms with Crippen molar-refractivity contribution in [3.05, 3.63) is 36.0 Å². The largest absolute Gasteiger partial charge is 0.375 e. The average Bonchev–Trinajstić information content (AvgIpc) is 2.63. The van der Waals surface area contributed by atoms with Gasteiger partial charge in [-0.3, -0.25) is 4.79 Å². The van der Waals surface area contributed by atoms with E-state index < -0.39 is 0 Å². The Labute approximate surface area is 146 Å². The number of aromatic nitrogens is 3. The number of rotatable bonds is 5. The lowest BCUT2D eigenvalue weighted by atomic mass is 10.3. The van der Waals surface area contributed by atoms with E-state index in [1.165, 1.54) is 7.11 Å². The van der Waals surface area contributed by atoms with Crippen molar-refractivity contribution in [2.45, 2.75) is 6.92 Å². The van der Waals surface area contributed by atoms with Gasteiger partial charge in [0.05, 0.1) is 0 Å².